The van der Waals surface area contributed by atoms with Crippen molar-refractivity contribution in [3.63, 3.8) is 0 Å². The number of ether oxygens (including phenoxy) is 1. The van der Waals surface area contributed by atoms with Crippen molar-refractivity contribution in [2.75, 3.05) is 6.61 Å². The number of nitrogens with zero attached hydrogens (tertiary/aromatic N) is 4. The Morgan fingerprint density at radius 3 is 2.78 bits per heavy atom. The first-order valence-electron chi connectivity index (χ1n) is 10.9. The van der Waals surface area contributed by atoms with Crippen molar-refractivity contribution in [3.8, 4) is 16.9 Å². The fraction of sp³-hybridized carbons (Fsp3) is 0.280. The van der Waals surface area contributed by atoms with E-state index < -0.39 is 0 Å². The van der Waals surface area contributed by atoms with E-state index >= 15 is 0 Å². The van der Waals surface area contributed by atoms with Gasteiger partial charge in [-0.2, -0.15) is 10.1 Å². The second kappa shape index (κ2) is 8.42. The first-order valence-corrected chi connectivity index (χ1v) is 10.9. The summed E-state index contributed by atoms with van der Waals surface area (Å²) in [6, 6.07) is 14.7. The molecule has 0 bridgehead atoms. The number of fused-ring (bicyclic) bond motifs is 2. The van der Waals surface area contributed by atoms with Crippen LogP contribution in [0, 0.1) is 13.8 Å². The second-order valence-electron chi connectivity index (χ2n) is 8.13. The van der Waals surface area contributed by atoms with Crippen LogP contribution >= 0.6 is 0 Å². The molecular formula is C25H25N5O2. The van der Waals surface area contributed by atoms with Crippen molar-refractivity contribution >= 4 is 11.7 Å². The number of amides is 1. The van der Waals surface area contributed by atoms with Crippen LogP contribution in [0.5, 0.6) is 5.75 Å². The van der Waals surface area contributed by atoms with Gasteiger partial charge in [0, 0.05) is 30.8 Å². The minimum atomic E-state index is 0.0187. The zero-order valence-electron chi connectivity index (χ0n) is 18.3. The van der Waals surface area contributed by atoms with E-state index in [1.165, 1.54) is 17.5 Å². The van der Waals surface area contributed by atoms with Gasteiger partial charge >= 0.3 is 0 Å². The van der Waals surface area contributed by atoms with Crippen LogP contribution in [0.15, 0.2) is 48.8 Å². The van der Waals surface area contributed by atoms with Crippen LogP contribution < -0.4 is 10.1 Å². The normalized spacial score (nSPS) is 12.6. The Morgan fingerprint density at radius 1 is 1.12 bits per heavy atom. The van der Waals surface area contributed by atoms with Gasteiger partial charge in [0.1, 0.15) is 12.1 Å². The number of aryl methyl sites for hydroxylation is 2. The summed E-state index contributed by atoms with van der Waals surface area (Å²) in [5.41, 5.74) is 7.61. The molecule has 0 atom stereocenters. The van der Waals surface area contributed by atoms with Crippen LogP contribution in [-0.4, -0.2) is 32.1 Å². The van der Waals surface area contributed by atoms with Crippen LogP contribution in [0.4, 0.5) is 0 Å². The predicted molar refractivity (Wildman–Crippen MR) is 122 cm³/mol. The van der Waals surface area contributed by atoms with Crippen molar-refractivity contribution in [2.24, 2.45) is 0 Å². The number of hydrogen-bond acceptors (Lipinski definition) is 5. The highest BCUT2D eigenvalue weighted by atomic mass is 16.5. The number of carbonyl (C=O) groups excluding carboxylic acids is 1. The third-order valence-electron chi connectivity index (χ3n) is 6.06. The predicted octanol–water partition coefficient (Wildman–Crippen LogP) is 3.59. The van der Waals surface area contributed by atoms with Crippen LogP contribution in [0.3, 0.4) is 0 Å². The lowest BCUT2D eigenvalue weighted by Crippen LogP contribution is -2.23. The molecule has 2 aromatic carbocycles. The highest BCUT2D eigenvalue weighted by Crippen LogP contribution is 2.30. The van der Waals surface area contributed by atoms with Gasteiger partial charge in [-0.1, -0.05) is 30.3 Å². The van der Waals surface area contributed by atoms with Gasteiger partial charge in [0.15, 0.2) is 0 Å². The first kappa shape index (κ1) is 20.2. The number of aromatic nitrogens is 4. The van der Waals surface area contributed by atoms with Crippen LogP contribution in [0.25, 0.3) is 16.9 Å². The Kier molecular flexibility index (Phi) is 5.31. The average Bonchev–Trinajstić information content (AvgIpc) is 3.46. The molecule has 2 aromatic heterocycles. The average molecular weight is 428 g/mol. The van der Waals surface area contributed by atoms with Crippen molar-refractivity contribution in [3.05, 3.63) is 76.9 Å². The maximum absolute atomic E-state index is 12.4. The number of benzene rings is 2. The highest BCUT2D eigenvalue weighted by Gasteiger charge is 2.14. The SMILES string of the molecule is Cc1nc2ncnn2c(C)c1CCC(=O)NCc1ccc(-c2ccc3c(c2)CCO3)cc1. The van der Waals surface area contributed by atoms with Gasteiger partial charge in [-0.15, -0.1) is 0 Å². The van der Waals surface area contributed by atoms with Crippen LogP contribution in [0.2, 0.25) is 0 Å². The molecule has 0 spiro atoms. The molecule has 162 valence electrons. The molecule has 5 rings (SSSR count). The molecule has 1 aliphatic rings. The second-order valence-corrected chi connectivity index (χ2v) is 8.13. The molecule has 0 saturated carbocycles. The number of hydrogen-bond donors (Lipinski definition) is 1. The fourth-order valence-electron chi connectivity index (χ4n) is 4.23. The maximum Gasteiger partial charge on any atom is 0.252 e. The monoisotopic (exact) mass is 427 g/mol. The summed E-state index contributed by atoms with van der Waals surface area (Å²) < 4.78 is 7.31. The summed E-state index contributed by atoms with van der Waals surface area (Å²) in [6.07, 6.45) is 3.48. The molecule has 0 saturated heterocycles. The summed E-state index contributed by atoms with van der Waals surface area (Å²) in [5, 5.41) is 7.23. The van der Waals surface area contributed by atoms with E-state index in [0.717, 1.165) is 46.9 Å². The summed E-state index contributed by atoms with van der Waals surface area (Å²) in [4.78, 5) is 21.1. The standard InChI is InChI=1S/C25H25N5O2/c1-16-22(17(2)30-25(29-16)27-15-28-30)8-10-24(31)26-14-18-3-5-19(6-4-18)20-7-9-23-21(13-20)11-12-32-23/h3-7,9,13,15H,8,10-12,14H2,1-2H3,(H,26,31). The molecule has 7 nitrogen and oxygen atoms in total. The lowest BCUT2D eigenvalue weighted by molar-refractivity contribution is -0.121. The molecule has 0 aliphatic carbocycles. The minimum Gasteiger partial charge on any atom is -0.493 e. The van der Waals surface area contributed by atoms with E-state index in [4.69, 9.17) is 4.74 Å². The summed E-state index contributed by atoms with van der Waals surface area (Å²) in [7, 11) is 0. The molecule has 0 unspecified atom stereocenters. The smallest absolute Gasteiger partial charge is 0.252 e. The van der Waals surface area contributed by atoms with Crippen LogP contribution in [-0.2, 0) is 24.2 Å². The van der Waals surface area contributed by atoms with Gasteiger partial charge in [-0.05, 0) is 60.2 Å². The van der Waals surface area contributed by atoms with E-state index in [1.54, 1.807) is 4.52 Å². The topological polar surface area (TPSA) is 81.4 Å². The lowest BCUT2D eigenvalue weighted by atomic mass is 10.0. The van der Waals surface area contributed by atoms with Crippen LogP contribution in [0.1, 0.15) is 34.5 Å². The molecule has 4 aromatic rings. The maximum atomic E-state index is 12.4. The molecule has 3 heterocycles. The van der Waals surface area contributed by atoms with E-state index in [0.29, 0.717) is 25.2 Å². The Labute approximate surface area is 186 Å². The molecule has 32 heavy (non-hydrogen) atoms. The fourth-order valence-corrected chi connectivity index (χ4v) is 4.23. The van der Waals surface area contributed by atoms with Crippen molar-refractivity contribution in [1.82, 2.24) is 24.9 Å². The van der Waals surface area contributed by atoms with Gasteiger partial charge in [0.2, 0.25) is 5.91 Å². The Bertz CT molecular complexity index is 1290. The Hall–Kier alpha value is -3.74. The summed E-state index contributed by atoms with van der Waals surface area (Å²) in [6.45, 7) is 5.21. The first-order chi connectivity index (χ1) is 15.6. The molecule has 0 fully saturated rings. The van der Waals surface area contributed by atoms with E-state index in [-0.39, 0.29) is 5.91 Å². The van der Waals surface area contributed by atoms with Crippen molar-refractivity contribution in [2.45, 2.75) is 39.7 Å². The lowest BCUT2D eigenvalue weighted by Gasteiger charge is -2.11. The van der Waals surface area contributed by atoms with Crippen molar-refractivity contribution in [1.29, 1.82) is 0 Å². The van der Waals surface area contributed by atoms with Gasteiger partial charge in [-0.25, -0.2) is 9.50 Å². The number of rotatable bonds is 6. The largest absolute Gasteiger partial charge is 0.493 e. The number of carbonyl (C=O) groups is 1. The van der Waals surface area contributed by atoms with E-state index in [1.807, 2.05) is 19.9 Å². The third kappa shape index (κ3) is 3.93. The quantitative estimate of drug-likeness (QED) is 0.509. The molecule has 1 aliphatic heterocycles. The van der Waals surface area contributed by atoms with Crippen molar-refractivity contribution < 1.29 is 9.53 Å². The molecular weight excluding hydrogens is 402 g/mol. The summed E-state index contributed by atoms with van der Waals surface area (Å²) in [5.74, 6) is 1.60. The third-order valence-corrected chi connectivity index (χ3v) is 6.06. The molecule has 1 N–H and O–H groups in total. The molecule has 1 amide bonds. The zero-order chi connectivity index (χ0) is 22.1. The van der Waals surface area contributed by atoms with Gasteiger partial charge in [0.25, 0.3) is 5.78 Å². The van der Waals surface area contributed by atoms with Gasteiger partial charge < -0.3 is 10.1 Å². The molecule has 0 radical (unpaired) electrons. The highest BCUT2D eigenvalue weighted by molar-refractivity contribution is 5.76. The number of nitrogens with one attached hydrogen (secondary N) is 1. The zero-order valence-corrected chi connectivity index (χ0v) is 18.3. The Balaban J connectivity index is 1.18. The minimum absolute atomic E-state index is 0.0187. The molecule has 7 heteroatoms. The summed E-state index contributed by atoms with van der Waals surface area (Å²) >= 11 is 0. The Morgan fingerprint density at radius 2 is 1.94 bits per heavy atom. The van der Waals surface area contributed by atoms with Gasteiger partial charge in [0.05, 0.1) is 6.61 Å². The van der Waals surface area contributed by atoms with E-state index in [9.17, 15) is 4.79 Å². The van der Waals surface area contributed by atoms with E-state index in [2.05, 4.69) is 56.8 Å². The van der Waals surface area contributed by atoms with Gasteiger partial charge in [-0.3, -0.25) is 4.79 Å².